The van der Waals surface area contributed by atoms with Crippen LogP contribution in [0, 0.1) is 35.5 Å². The van der Waals surface area contributed by atoms with Crippen molar-refractivity contribution in [1.82, 2.24) is 21.3 Å². The number of ether oxygens (including phenoxy) is 8. The van der Waals surface area contributed by atoms with Gasteiger partial charge in [0, 0.05) is 98.5 Å². The molecule has 0 fully saturated rings. The van der Waals surface area contributed by atoms with Crippen molar-refractivity contribution in [2.45, 2.75) is 286 Å². The molecule has 0 spiro atoms. The predicted octanol–water partition coefficient (Wildman–Crippen LogP) is 19.2. The second-order valence-electron chi connectivity index (χ2n) is 30.8. The van der Waals surface area contributed by atoms with Gasteiger partial charge in [-0.05, 0) is 202 Å². The van der Waals surface area contributed by atoms with E-state index in [0.29, 0.717) is 75.1 Å². The molecular weight excluding hydrogens is 1170 g/mol. The quantitative estimate of drug-likeness (QED) is 0.0317. The van der Waals surface area contributed by atoms with Crippen molar-refractivity contribution in [2.24, 2.45) is 35.5 Å². The lowest BCUT2D eigenvalue weighted by molar-refractivity contribution is -0.0721. The molecule has 0 saturated carbocycles. The van der Waals surface area contributed by atoms with Crippen LogP contribution in [0.2, 0.25) is 0 Å². The SMILES string of the molecule is CCOC1(C)Cc2c(OCCC(C)C)cccc2C(CCCCC(CCCCC(CCCCC2NC(C)(OCC)Cc3c(OCCC(C)C)cccc32)C2NC(C)(OCC)Cc3c(OCCC(C)C)cccc32)C2NC(C)(OCC)Cc3c(OCCC(C)C)cccc32)N1. The lowest BCUT2D eigenvalue weighted by atomic mass is 9.76. The zero-order chi connectivity index (χ0) is 67.5. The Kier molecular flexibility index (Phi) is 28.9. The number of rotatable bonds is 41. The van der Waals surface area contributed by atoms with Gasteiger partial charge >= 0.3 is 0 Å². The second kappa shape index (κ2) is 36.0. The molecule has 0 aromatic heterocycles. The highest BCUT2D eigenvalue weighted by molar-refractivity contribution is 5.48. The topological polar surface area (TPSA) is 122 Å². The van der Waals surface area contributed by atoms with Crippen LogP contribution in [-0.2, 0) is 44.6 Å². The Bertz CT molecular complexity index is 2720. The lowest BCUT2D eigenvalue weighted by Gasteiger charge is -2.45. The molecule has 4 heterocycles. The molecule has 94 heavy (non-hydrogen) atoms. The van der Waals surface area contributed by atoms with Gasteiger partial charge in [-0.15, -0.1) is 0 Å². The minimum absolute atomic E-state index is 0.101. The van der Waals surface area contributed by atoms with E-state index in [0.717, 1.165) is 165 Å². The number of benzene rings is 4. The normalized spacial score (nSPS) is 24.9. The molecule has 8 rings (SSSR count). The van der Waals surface area contributed by atoms with Crippen LogP contribution in [0.4, 0.5) is 0 Å². The maximum absolute atomic E-state index is 6.77. The third-order valence-corrected chi connectivity index (χ3v) is 20.7. The van der Waals surface area contributed by atoms with Crippen LogP contribution in [0.25, 0.3) is 0 Å². The van der Waals surface area contributed by atoms with Crippen molar-refractivity contribution in [3.8, 4) is 23.0 Å². The van der Waals surface area contributed by atoms with Crippen molar-refractivity contribution >= 4 is 0 Å². The molecule has 4 aliphatic rings. The largest absolute Gasteiger partial charge is 0.493 e. The van der Waals surface area contributed by atoms with Crippen LogP contribution in [0.5, 0.6) is 23.0 Å². The highest BCUT2D eigenvalue weighted by atomic mass is 16.5. The average Bonchev–Trinajstić information content (AvgIpc) is 0.802. The highest BCUT2D eigenvalue weighted by Crippen LogP contribution is 2.47. The summed E-state index contributed by atoms with van der Waals surface area (Å²) in [6, 6.07) is 27.5. The summed E-state index contributed by atoms with van der Waals surface area (Å²) in [5.74, 6) is 7.07. The molecule has 12 nitrogen and oxygen atoms in total. The highest BCUT2D eigenvalue weighted by Gasteiger charge is 2.44. The van der Waals surface area contributed by atoms with Gasteiger partial charge in [0.05, 0.1) is 26.4 Å². The second-order valence-corrected chi connectivity index (χ2v) is 30.8. The fraction of sp³-hybridized carbons (Fsp3) is 0.707. The number of nitrogens with one attached hydrogen (secondary N) is 4. The van der Waals surface area contributed by atoms with E-state index in [4.69, 9.17) is 37.9 Å². The Morgan fingerprint density at radius 3 is 0.872 bits per heavy atom. The molecule has 10 unspecified atom stereocenters. The molecule has 4 aliphatic heterocycles. The minimum atomic E-state index is -0.535. The fourth-order valence-electron chi connectivity index (χ4n) is 15.9. The first-order valence-corrected chi connectivity index (χ1v) is 37.8. The molecule has 4 aromatic carbocycles. The molecule has 526 valence electrons. The van der Waals surface area contributed by atoms with E-state index in [1.54, 1.807) is 0 Å². The van der Waals surface area contributed by atoms with E-state index in [1.165, 1.54) is 44.5 Å². The molecule has 0 amide bonds. The van der Waals surface area contributed by atoms with Crippen molar-refractivity contribution in [3.05, 3.63) is 117 Å². The van der Waals surface area contributed by atoms with Gasteiger partial charge in [-0.2, -0.15) is 0 Å². The molecule has 12 heteroatoms. The van der Waals surface area contributed by atoms with Gasteiger partial charge in [0.15, 0.2) is 0 Å². The van der Waals surface area contributed by atoms with Crippen LogP contribution in [-0.4, -0.2) is 75.8 Å². The minimum Gasteiger partial charge on any atom is -0.493 e. The summed E-state index contributed by atoms with van der Waals surface area (Å²) in [7, 11) is 0. The lowest BCUT2D eigenvalue weighted by Crippen LogP contribution is -2.53. The first-order chi connectivity index (χ1) is 45.1. The standard InChI is InChI=1S/C82H130N4O8/c1-17-91-79(13)53-67-63(35-27-41-73(67)87-49-45-57(5)6)71(83-79)39-25-23-33-61(77-65-37-29-43-75(89-51-47-59(9)10)69(65)55-81(15,85-77)93-19-3)31-21-22-32-62(78-66-38-30-44-76(90-52-48-60(11)12)70(66)56-82(16,86-78)94-20-4)34-24-26-40-72-64-36-28-42-74(88-50-46-58(7)8)68(64)54-80(14,84-72)92-18-2/h27-30,35-38,41-44,57-62,71-72,77-78,83-86H,17-26,31-34,39-40,45-56H2,1-16H3. The fourth-order valence-corrected chi connectivity index (χ4v) is 15.9. The summed E-state index contributed by atoms with van der Waals surface area (Å²) in [5.41, 5.74) is 8.64. The summed E-state index contributed by atoms with van der Waals surface area (Å²) in [5, 5.41) is 16.5. The van der Waals surface area contributed by atoms with E-state index >= 15 is 0 Å². The van der Waals surface area contributed by atoms with Crippen molar-refractivity contribution in [1.29, 1.82) is 0 Å². The van der Waals surface area contributed by atoms with Gasteiger partial charge in [-0.3, -0.25) is 21.3 Å². The first kappa shape index (κ1) is 75.5. The van der Waals surface area contributed by atoms with Crippen molar-refractivity contribution < 1.29 is 37.9 Å². The third kappa shape index (κ3) is 21.1. The Labute approximate surface area is 571 Å². The summed E-state index contributed by atoms with van der Waals surface area (Å²) in [4.78, 5) is 0. The van der Waals surface area contributed by atoms with Gasteiger partial charge in [-0.1, -0.05) is 142 Å². The van der Waals surface area contributed by atoms with E-state index in [1.807, 2.05) is 0 Å². The van der Waals surface area contributed by atoms with Gasteiger partial charge in [0.25, 0.3) is 0 Å². The average molecular weight is 1300 g/mol. The predicted molar refractivity (Wildman–Crippen MR) is 386 cm³/mol. The Morgan fingerprint density at radius 1 is 0.340 bits per heavy atom. The van der Waals surface area contributed by atoms with Gasteiger partial charge in [0.1, 0.15) is 45.9 Å². The number of fused-ring (bicyclic) bond motifs is 4. The van der Waals surface area contributed by atoms with Gasteiger partial charge < -0.3 is 37.9 Å². The Morgan fingerprint density at radius 2 is 0.596 bits per heavy atom. The molecule has 4 N–H and O–H groups in total. The monoisotopic (exact) mass is 1300 g/mol. The van der Waals surface area contributed by atoms with Crippen LogP contribution in [0.15, 0.2) is 72.8 Å². The number of hydrogen-bond acceptors (Lipinski definition) is 12. The van der Waals surface area contributed by atoms with E-state index in [-0.39, 0.29) is 24.2 Å². The number of hydrogen-bond donors (Lipinski definition) is 4. The van der Waals surface area contributed by atoms with Gasteiger partial charge in [0.2, 0.25) is 0 Å². The van der Waals surface area contributed by atoms with Crippen molar-refractivity contribution in [2.75, 3.05) is 52.9 Å². The molecule has 0 saturated heterocycles. The molecule has 0 bridgehead atoms. The molecule has 0 aliphatic carbocycles. The molecule has 10 atom stereocenters. The van der Waals surface area contributed by atoms with Crippen LogP contribution in [0.1, 0.15) is 282 Å². The summed E-state index contributed by atoms with van der Waals surface area (Å²) in [6.45, 7) is 41.1. The molecular formula is C82H130N4O8. The zero-order valence-electron chi connectivity index (χ0n) is 61.8. The van der Waals surface area contributed by atoms with Crippen LogP contribution < -0.4 is 40.2 Å². The van der Waals surface area contributed by atoms with Crippen LogP contribution in [0.3, 0.4) is 0 Å². The third-order valence-electron chi connectivity index (χ3n) is 20.7. The Hall–Kier alpha value is -4.24. The summed E-state index contributed by atoms with van der Waals surface area (Å²) in [6.07, 6.45) is 20.2. The maximum atomic E-state index is 6.77. The van der Waals surface area contributed by atoms with E-state index in [9.17, 15) is 0 Å². The van der Waals surface area contributed by atoms with E-state index < -0.39 is 22.9 Å². The summed E-state index contributed by atoms with van der Waals surface area (Å²) >= 11 is 0. The Balaban J connectivity index is 1.08. The maximum Gasteiger partial charge on any atom is 0.122 e. The first-order valence-electron chi connectivity index (χ1n) is 37.8. The molecule has 0 radical (unpaired) electrons. The zero-order valence-corrected chi connectivity index (χ0v) is 61.8. The van der Waals surface area contributed by atoms with E-state index in [2.05, 4.69) is 205 Å². The van der Waals surface area contributed by atoms with Gasteiger partial charge in [-0.25, -0.2) is 0 Å². The smallest absolute Gasteiger partial charge is 0.122 e. The van der Waals surface area contributed by atoms with Crippen molar-refractivity contribution in [3.63, 3.8) is 0 Å². The number of unbranched alkanes of at least 4 members (excludes halogenated alkanes) is 3. The van der Waals surface area contributed by atoms with Crippen LogP contribution >= 0.6 is 0 Å². The molecule has 4 aromatic rings. The summed E-state index contributed by atoms with van der Waals surface area (Å²) < 4.78 is 53.3.